The van der Waals surface area contributed by atoms with Crippen LogP contribution in [0.4, 0.5) is 0 Å². The van der Waals surface area contributed by atoms with Crippen LogP contribution < -0.4 is 5.32 Å². The molecule has 0 aromatic heterocycles. The first-order valence-corrected chi connectivity index (χ1v) is 8.85. The van der Waals surface area contributed by atoms with Gasteiger partial charge in [-0.1, -0.05) is 61.5 Å². The summed E-state index contributed by atoms with van der Waals surface area (Å²) in [7, 11) is 0. The van der Waals surface area contributed by atoms with E-state index in [0.717, 1.165) is 18.4 Å². The second-order valence-electron chi connectivity index (χ2n) is 6.13. The maximum absolute atomic E-state index is 10.6. The second kappa shape index (κ2) is 10.1. The third-order valence-corrected chi connectivity index (χ3v) is 4.27. The molecule has 0 atom stereocenters. The summed E-state index contributed by atoms with van der Waals surface area (Å²) < 4.78 is 0. The first-order chi connectivity index (χ1) is 12.6. The number of amidine groups is 2. The van der Waals surface area contributed by atoms with Crippen molar-refractivity contribution in [2.45, 2.75) is 32.7 Å². The van der Waals surface area contributed by atoms with Crippen LogP contribution in [0.2, 0.25) is 0 Å². The lowest BCUT2D eigenvalue weighted by Gasteiger charge is -2.26. The summed E-state index contributed by atoms with van der Waals surface area (Å²) in [5, 5.41) is 19.2. The molecule has 5 heteroatoms. The number of nitrogens with one attached hydrogen (secondary N) is 3. The lowest BCUT2D eigenvalue weighted by atomic mass is 10.1. The molecule has 26 heavy (non-hydrogen) atoms. The van der Waals surface area contributed by atoms with Crippen molar-refractivity contribution in [1.82, 2.24) is 10.2 Å². The molecule has 0 aliphatic carbocycles. The Bertz CT molecular complexity index is 725. The van der Waals surface area contributed by atoms with Crippen molar-refractivity contribution >= 4 is 18.1 Å². The summed E-state index contributed by atoms with van der Waals surface area (Å²) in [6.07, 6.45) is 2.85. The van der Waals surface area contributed by atoms with Gasteiger partial charge >= 0.3 is 0 Å². The number of hydrogen-bond donors (Lipinski definition) is 3. The summed E-state index contributed by atoms with van der Waals surface area (Å²) in [4.78, 5) is 12.2. The SMILES string of the molecule is CCc1ccc(CN(C(=N)CCc2ccccc2)C(=N)CNC=O)cc1. The summed E-state index contributed by atoms with van der Waals surface area (Å²) in [6, 6.07) is 18.3. The van der Waals surface area contributed by atoms with Crippen molar-refractivity contribution in [2.24, 2.45) is 0 Å². The monoisotopic (exact) mass is 350 g/mol. The van der Waals surface area contributed by atoms with Crippen LogP contribution in [-0.2, 0) is 24.2 Å². The molecule has 0 bridgehead atoms. The van der Waals surface area contributed by atoms with Crippen LogP contribution in [0.1, 0.15) is 30.0 Å². The van der Waals surface area contributed by atoms with Crippen LogP contribution in [-0.4, -0.2) is 29.5 Å². The number of nitrogens with zero attached hydrogens (tertiary/aromatic N) is 1. The predicted molar refractivity (Wildman–Crippen MR) is 106 cm³/mol. The number of rotatable bonds is 9. The van der Waals surface area contributed by atoms with Gasteiger partial charge in [-0.2, -0.15) is 0 Å². The van der Waals surface area contributed by atoms with Crippen molar-refractivity contribution in [2.75, 3.05) is 6.54 Å². The molecule has 2 aromatic carbocycles. The number of amides is 1. The maximum atomic E-state index is 10.6. The molecule has 0 unspecified atom stereocenters. The molecule has 3 N–H and O–H groups in total. The maximum Gasteiger partial charge on any atom is 0.207 e. The fourth-order valence-electron chi connectivity index (χ4n) is 2.69. The van der Waals surface area contributed by atoms with E-state index in [1.54, 1.807) is 4.90 Å². The molecule has 136 valence electrons. The Morgan fingerprint density at radius 2 is 1.62 bits per heavy atom. The average molecular weight is 350 g/mol. The van der Waals surface area contributed by atoms with Crippen LogP contribution >= 0.6 is 0 Å². The molecule has 0 saturated heterocycles. The molecule has 0 radical (unpaired) electrons. The van der Waals surface area contributed by atoms with Crippen molar-refractivity contribution in [3.05, 3.63) is 71.3 Å². The lowest BCUT2D eigenvalue weighted by molar-refractivity contribution is -0.109. The van der Waals surface area contributed by atoms with Gasteiger partial charge in [-0.05, 0) is 29.5 Å². The summed E-state index contributed by atoms with van der Waals surface area (Å²) in [5.41, 5.74) is 3.47. The van der Waals surface area contributed by atoms with Gasteiger partial charge in [0.2, 0.25) is 6.41 Å². The minimum absolute atomic E-state index is 0.115. The van der Waals surface area contributed by atoms with E-state index >= 15 is 0 Å². The molecule has 1 amide bonds. The van der Waals surface area contributed by atoms with Crippen molar-refractivity contribution in [3.63, 3.8) is 0 Å². The highest BCUT2D eigenvalue weighted by atomic mass is 16.1. The highest BCUT2D eigenvalue weighted by Gasteiger charge is 2.15. The molecule has 0 heterocycles. The lowest BCUT2D eigenvalue weighted by Crippen LogP contribution is -2.40. The number of carbonyl (C=O) groups is 1. The summed E-state index contributed by atoms with van der Waals surface area (Å²) in [6.45, 7) is 2.68. The smallest absolute Gasteiger partial charge is 0.207 e. The summed E-state index contributed by atoms with van der Waals surface area (Å²) >= 11 is 0. The number of hydrogen-bond acceptors (Lipinski definition) is 3. The van der Waals surface area contributed by atoms with Crippen molar-refractivity contribution < 1.29 is 4.79 Å². The molecule has 2 rings (SSSR count). The minimum atomic E-state index is 0.115. The topological polar surface area (TPSA) is 80.0 Å². The van der Waals surface area contributed by atoms with Gasteiger partial charge in [0.1, 0.15) is 11.7 Å². The Hall–Kier alpha value is -2.95. The van der Waals surface area contributed by atoms with Gasteiger partial charge < -0.3 is 10.2 Å². The Labute approximate surface area is 155 Å². The number of aryl methyl sites for hydroxylation is 2. The van der Waals surface area contributed by atoms with Crippen LogP contribution in [0, 0.1) is 10.8 Å². The molecule has 0 spiro atoms. The van der Waals surface area contributed by atoms with Crippen LogP contribution in [0.15, 0.2) is 54.6 Å². The van der Waals surface area contributed by atoms with E-state index in [-0.39, 0.29) is 12.4 Å². The zero-order valence-electron chi connectivity index (χ0n) is 15.2. The van der Waals surface area contributed by atoms with E-state index in [1.807, 2.05) is 42.5 Å². The fraction of sp³-hybridized carbons (Fsp3) is 0.286. The first-order valence-electron chi connectivity index (χ1n) is 8.85. The normalized spacial score (nSPS) is 10.2. The molecule has 0 aliphatic heterocycles. The first kappa shape index (κ1) is 19.4. The average Bonchev–Trinajstić information content (AvgIpc) is 2.69. The zero-order chi connectivity index (χ0) is 18.8. The van der Waals surface area contributed by atoms with Crippen LogP contribution in [0.5, 0.6) is 0 Å². The van der Waals surface area contributed by atoms with Crippen molar-refractivity contribution in [3.8, 4) is 0 Å². The van der Waals surface area contributed by atoms with Gasteiger partial charge in [-0.15, -0.1) is 0 Å². The quantitative estimate of drug-likeness (QED) is 0.368. The molecule has 0 saturated carbocycles. The predicted octanol–water partition coefficient (Wildman–Crippen LogP) is 3.38. The highest BCUT2D eigenvalue weighted by molar-refractivity contribution is 5.99. The van der Waals surface area contributed by atoms with E-state index < -0.39 is 0 Å². The highest BCUT2D eigenvalue weighted by Crippen LogP contribution is 2.12. The van der Waals surface area contributed by atoms with Gasteiger partial charge in [-0.25, -0.2) is 0 Å². The van der Waals surface area contributed by atoms with Gasteiger partial charge in [0.05, 0.1) is 13.1 Å². The number of carbonyl (C=O) groups excluding carboxylic acids is 1. The van der Waals surface area contributed by atoms with E-state index in [4.69, 9.17) is 10.8 Å². The van der Waals surface area contributed by atoms with Gasteiger partial charge in [0.15, 0.2) is 0 Å². The van der Waals surface area contributed by atoms with Crippen molar-refractivity contribution in [1.29, 1.82) is 10.8 Å². The Morgan fingerprint density at radius 1 is 0.962 bits per heavy atom. The third kappa shape index (κ3) is 5.84. The number of benzene rings is 2. The molecule has 5 nitrogen and oxygen atoms in total. The molecule has 0 fully saturated rings. The minimum Gasteiger partial charge on any atom is -0.351 e. The van der Waals surface area contributed by atoms with Gasteiger partial charge in [0, 0.05) is 6.42 Å². The molecule has 0 aliphatic rings. The van der Waals surface area contributed by atoms with Gasteiger partial charge in [-0.3, -0.25) is 15.6 Å². The van der Waals surface area contributed by atoms with E-state index in [0.29, 0.717) is 25.2 Å². The standard InChI is InChI=1S/C21H26N4O/c1-2-17-8-10-19(11-9-17)15-25(21(23)14-24-16-26)20(22)13-12-18-6-4-3-5-7-18/h3-11,16,22-23H,2,12-15H2,1H3,(H,24,26). The fourth-order valence-corrected chi connectivity index (χ4v) is 2.69. The largest absolute Gasteiger partial charge is 0.351 e. The summed E-state index contributed by atoms with van der Waals surface area (Å²) in [5.74, 6) is 0.598. The van der Waals surface area contributed by atoms with E-state index in [9.17, 15) is 4.79 Å². The zero-order valence-corrected chi connectivity index (χ0v) is 15.2. The Kier molecular flexibility index (Phi) is 7.55. The van der Waals surface area contributed by atoms with E-state index in [2.05, 4.69) is 24.4 Å². The van der Waals surface area contributed by atoms with E-state index in [1.165, 1.54) is 11.1 Å². The Morgan fingerprint density at radius 3 is 2.23 bits per heavy atom. The Balaban J connectivity index is 2.06. The third-order valence-electron chi connectivity index (χ3n) is 4.27. The second-order valence-corrected chi connectivity index (χ2v) is 6.13. The van der Waals surface area contributed by atoms with Gasteiger partial charge in [0.25, 0.3) is 0 Å². The molecule has 2 aromatic rings. The molecular weight excluding hydrogens is 324 g/mol. The molecular formula is C21H26N4O. The van der Waals surface area contributed by atoms with Crippen LogP contribution in [0.3, 0.4) is 0 Å². The van der Waals surface area contributed by atoms with Crippen LogP contribution in [0.25, 0.3) is 0 Å².